The van der Waals surface area contributed by atoms with Crippen LogP contribution >= 0.6 is 11.6 Å². The second kappa shape index (κ2) is 5.33. The summed E-state index contributed by atoms with van der Waals surface area (Å²) in [6.45, 7) is 4.99. The normalized spacial score (nSPS) is 10.7. The van der Waals surface area contributed by atoms with Gasteiger partial charge in [-0.05, 0) is 61.2 Å². The van der Waals surface area contributed by atoms with Gasteiger partial charge in [0.2, 0.25) is 0 Å². The second-order valence-electron chi connectivity index (χ2n) is 4.75. The third-order valence-electron chi connectivity index (χ3n) is 3.37. The maximum Gasteiger partial charge on any atom is 0.160 e. The maximum atomic E-state index is 13.4. The van der Waals surface area contributed by atoms with Crippen LogP contribution in [0.3, 0.4) is 0 Å². The number of halogens is 3. The molecule has 0 N–H and O–H groups in total. The van der Waals surface area contributed by atoms with Gasteiger partial charge in [0, 0.05) is 16.7 Å². The van der Waals surface area contributed by atoms with Crippen LogP contribution in [0.5, 0.6) is 0 Å². The number of hydrogen-bond donors (Lipinski definition) is 0. The molecule has 0 amide bonds. The van der Waals surface area contributed by atoms with Crippen molar-refractivity contribution in [1.29, 1.82) is 0 Å². The molecule has 0 aliphatic rings. The topological polar surface area (TPSA) is 17.1 Å². The summed E-state index contributed by atoms with van der Waals surface area (Å²) < 4.78 is 26.8. The fourth-order valence-corrected chi connectivity index (χ4v) is 2.47. The molecule has 0 saturated carbocycles. The van der Waals surface area contributed by atoms with Crippen molar-refractivity contribution >= 4 is 17.4 Å². The van der Waals surface area contributed by atoms with Gasteiger partial charge in [-0.15, -0.1) is 0 Å². The van der Waals surface area contributed by atoms with Gasteiger partial charge in [0.15, 0.2) is 5.78 Å². The lowest BCUT2D eigenvalue weighted by Gasteiger charge is -2.15. The van der Waals surface area contributed by atoms with Gasteiger partial charge in [-0.2, -0.15) is 0 Å². The van der Waals surface area contributed by atoms with Crippen molar-refractivity contribution in [3.8, 4) is 11.1 Å². The smallest absolute Gasteiger partial charge is 0.160 e. The zero-order valence-corrected chi connectivity index (χ0v) is 12.1. The number of hydrogen-bond acceptors (Lipinski definition) is 1. The number of rotatable bonds is 2. The van der Waals surface area contributed by atoms with Gasteiger partial charge in [-0.25, -0.2) is 8.78 Å². The molecule has 0 aliphatic heterocycles. The molecule has 0 unspecified atom stereocenters. The van der Waals surface area contributed by atoms with E-state index in [2.05, 4.69) is 0 Å². The van der Waals surface area contributed by atoms with Crippen LogP contribution in [-0.2, 0) is 0 Å². The van der Waals surface area contributed by atoms with Crippen molar-refractivity contribution in [2.45, 2.75) is 20.8 Å². The lowest BCUT2D eigenvalue weighted by atomic mass is 9.90. The van der Waals surface area contributed by atoms with Crippen molar-refractivity contribution in [1.82, 2.24) is 0 Å². The summed E-state index contributed by atoms with van der Waals surface area (Å²) in [6, 6.07) is 4.77. The SMILES string of the molecule is CC(=O)c1cc(Cl)c(C)c(C)c1-c1cc(F)cc(F)c1. The van der Waals surface area contributed by atoms with E-state index in [0.717, 1.165) is 17.2 Å². The summed E-state index contributed by atoms with van der Waals surface area (Å²) in [6.07, 6.45) is 0. The van der Waals surface area contributed by atoms with E-state index in [1.54, 1.807) is 19.9 Å². The fourth-order valence-electron chi connectivity index (χ4n) is 2.22. The van der Waals surface area contributed by atoms with Crippen LogP contribution in [0.4, 0.5) is 8.78 Å². The van der Waals surface area contributed by atoms with E-state index in [4.69, 9.17) is 11.6 Å². The Kier molecular flexibility index (Phi) is 3.91. The Morgan fingerprint density at radius 3 is 2.05 bits per heavy atom. The molecule has 0 heterocycles. The van der Waals surface area contributed by atoms with Crippen LogP contribution in [0.15, 0.2) is 24.3 Å². The number of ketones is 1. The molecule has 0 aliphatic carbocycles. The van der Waals surface area contributed by atoms with Gasteiger partial charge in [0.1, 0.15) is 11.6 Å². The summed E-state index contributed by atoms with van der Waals surface area (Å²) in [4.78, 5) is 11.8. The van der Waals surface area contributed by atoms with Gasteiger partial charge in [0.25, 0.3) is 0 Å². The van der Waals surface area contributed by atoms with Crippen molar-refractivity contribution in [3.63, 3.8) is 0 Å². The average Bonchev–Trinajstić information content (AvgIpc) is 2.34. The van der Waals surface area contributed by atoms with E-state index >= 15 is 0 Å². The van der Waals surface area contributed by atoms with E-state index in [0.29, 0.717) is 21.7 Å². The molecule has 0 atom stereocenters. The van der Waals surface area contributed by atoms with Crippen LogP contribution in [0.25, 0.3) is 11.1 Å². The predicted octanol–water partition coefficient (Wildman–Crippen LogP) is 5.10. The Morgan fingerprint density at radius 1 is 1.00 bits per heavy atom. The number of benzene rings is 2. The first-order chi connectivity index (χ1) is 9.31. The average molecular weight is 295 g/mol. The van der Waals surface area contributed by atoms with Crippen molar-refractivity contribution < 1.29 is 13.6 Å². The molecule has 0 bridgehead atoms. The number of carbonyl (C=O) groups is 1. The van der Waals surface area contributed by atoms with Crippen LogP contribution < -0.4 is 0 Å². The molecule has 2 aromatic rings. The molecule has 4 heteroatoms. The quantitative estimate of drug-likeness (QED) is 0.704. The van der Waals surface area contributed by atoms with Crippen molar-refractivity contribution in [2.75, 3.05) is 0 Å². The first-order valence-corrected chi connectivity index (χ1v) is 6.46. The van der Waals surface area contributed by atoms with E-state index in [9.17, 15) is 13.6 Å². The molecule has 2 aromatic carbocycles. The van der Waals surface area contributed by atoms with Crippen molar-refractivity contribution in [2.24, 2.45) is 0 Å². The third kappa shape index (κ3) is 2.59. The fraction of sp³-hybridized carbons (Fsp3) is 0.188. The van der Waals surface area contributed by atoms with E-state index < -0.39 is 11.6 Å². The summed E-state index contributed by atoms with van der Waals surface area (Å²) >= 11 is 6.08. The predicted molar refractivity (Wildman–Crippen MR) is 76.3 cm³/mol. The van der Waals surface area contributed by atoms with Gasteiger partial charge < -0.3 is 0 Å². The largest absolute Gasteiger partial charge is 0.294 e. The summed E-state index contributed by atoms with van der Waals surface area (Å²) in [5.74, 6) is -1.56. The van der Waals surface area contributed by atoms with Gasteiger partial charge in [0.05, 0.1) is 0 Å². The molecule has 0 fully saturated rings. The minimum absolute atomic E-state index is 0.199. The number of Topliss-reactive ketones (excluding diaryl/α,β-unsaturated/α-hetero) is 1. The highest BCUT2D eigenvalue weighted by Crippen LogP contribution is 2.34. The zero-order chi connectivity index (χ0) is 15.0. The first-order valence-electron chi connectivity index (χ1n) is 6.08. The minimum atomic E-state index is -0.679. The maximum absolute atomic E-state index is 13.4. The van der Waals surface area contributed by atoms with Crippen LogP contribution in [0.2, 0.25) is 5.02 Å². The second-order valence-corrected chi connectivity index (χ2v) is 5.15. The highest BCUT2D eigenvalue weighted by Gasteiger charge is 2.17. The van der Waals surface area contributed by atoms with E-state index in [1.807, 2.05) is 0 Å². The number of carbonyl (C=O) groups excluding carboxylic acids is 1. The Bertz CT molecular complexity index is 688. The van der Waals surface area contributed by atoms with E-state index in [1.165, 1.54) is 19.1 Å². The molecule has 0 saturated heterocycles. The van der Waals surface area contributed by atoms with Gasteiger partial charge in [-0.3, -0.25) is 4.79 Å². The molecule has 104 valence electrons. The molecule has 2 rings (SSSR count). The van der Waals surface area contributed by atoms with Gasteiger partial charge >= 0.3 is 0 Å². The van der Waals surface area contributed by atoms with Gasteiger partial charge in [-0.1, -0.05) is 11.6 Å². The highest BCUT2D eigenvalue weighted by molar-refractivity contribution is 6.32. The summed E-state index contributed by atoms with van der Waals surface area (Å²) in [5, 5.41) is 0.466. The Balaban J connectivity index is 2.84. The minimum Gasteiger partial charge on any atom is -0.294 e. The third-order valence-corrected chi connectivity index (χ3v) is 3.76. The first kappa shape index (κ1) is 14.7. The Morgan fingerprint density at radius 2 is 1.55 bits per heavy atom. The molecule has 0 spiro atoms. The highest BCUT2D eigenvalue weighted by atomic mass is 35.5. The van der Waals surface area contributed by atoms with E-state index in [-0.39, 0.29) is 5.78 Å². The Hall–Kier alpha value is -1.74. The molecular weight excluding hydrogens is 282 g/mol. The zero-order valence-electron chi connectivity index (χ0n) is 11.4. The monoisotopic (exact) mass is 294 g/mol. The van der Waals surface area contributed by atoms with Crippen LogP contribution in [0.1, 0.15) is 28.4 Å². The molecular formula is C16H13ClF2O. The molecule has 0 radical (unpaired) electrons. The Labute approximate surface area is 121 Å². The standard InChI is InChI=1S/C16H13ClF2O/c1-8-9(2)16(14(10(3)20)7-15(8)17)11-4-12(18)6-13(19)5-11/h4-7H,1-3H3. The van der Waals surface area contributed by atoms with Crippen LogP contribution in [0, 0.1) is 25.5 Å². The summed E-state index contributed by atoms with van der Waals surface area (Å²) in [5.41, 5.74) is 2.76. The molecule has 0 aromatic heterocycles. The molecule has 1 nitrogen and oxygen atoms in total. The van der Waals surface area contributed by atoms with Crippen LogP contribution in [-0.4, -0.2) is 5.78 Å². The lowest BCUT2D eigenvalue weighted by Crippen LogP contribution is -2.02. The van der Waals surface area contributed by atoms with Crippen molar-refractivity contribution in [3.05, 3.63) is 57.6 Å². The molecule has 20 heavy (non-hydrogen) atoms. The lowest BCUT2D eigenvalue weighted by molar-refractivity contribution is 0.101. The summed E-state index contributed by atoms with van der Waals surface area (Å²) in [7, 11) is 0.